The standard InChI is InChI=1S/C19H22ClN3O3/c1-3-9-26-18-16(20)10-13(11-17(18)25-4-2)12-22-23-19(24)14-5-7-15(21)8-6-14/h5-8,10-12H,3-4,9,21H2,1-2H3,(H,23,24)/b22-12+. The van der Waals surface area contributed by atoms with Gasteiger partial charge in [-0.1, -0.05) is 18.5 Å². The maximum absolute atomic E-state index is 12.0. The van der Waals surface area contributed by atoms with Crippen molar-refractivity contribution in [3.8, 4) is 11.5 Å². The van der Waals surface area contributed by atoms with Gasteiger partial charge in [0.05, 0.1) is 24.5 Å². The smallest absolute Gasteiger partial charge is 0.271 e. The fraction of sp³-hybridized carbons (Fsp3) is 0.263. The molecule has 1 amide bonds. The van der Waals surface area contributed by atoms with Gasteiger partial charge in [0.15, 0.2) is 11.5 Å². The topological polar surface area (TPSA) is 85.9 Å². The van der Waals surface area contributed by atoms with Crippen LogP contribution in [-0.4, -0.2) is 25.3 Å². The van der Waals surface area contributed by atoms with Gasteiger partial charge in [-0.2, -0.15) is 5.10 Å². The predicted molar refractivity (Wildman–Crippen MR) is 104 cm³/mol. The number of anilines is 1. The van der Waals surface area contributed by atoms with E-state index in [9.17, 15) is 4.79 Å². The molecule has 2 aromatic carbocycles. The number of nitrogens with zero attached hydrogens (tertiary/aromatic N) is 1. The van der Waals surface area contributed by atoms with E-state index in [0.717, 1.165) is 6.42 Å². The number of hydrogen-bond acceptors (Lipinski definition) is 5. The maximum Gasteiger partial charge on any atom is 0.271 e. The van der Waals surface area contributed by atoms with Crippen LogP contribution in [0.4, 0.5) is 5.69 Å². The Labute approximate surface area is 157 Å². The van der Waals surface area contributed by atoms with Gasteiger partial charge in [-0.05, 0) is 55.3 Å². The number of benzene rings is 2. The highest BCUT2D eigenvalue weighted by Gasteiger charge is 2.12. The molecule has 0 radical (unpaired) electrons. The second-order valence-electron chi connectivity index (χ2n) is 5.43. The molecule has 0 aliphatic heterocycles. The van der Waals surface area contributed by atoms with Crippen LogP contribution in [0.3, 0.4) is 0 Å². The summed E-state index contributed by atoms with van der Waals surface area (Å²) in [6.07, 6.45) is 2.36. The van der Waals surface area contributed by atoms with Crippen LogP contribution in [0.25, 0.3) is 0 Å². The molecule has 6 nitrogen and oxygen atoms in total. The molecule has 0 bridgehead atoms. The Morgan fingerprint density at radius 3 is 2.62 bits per heavy atom. The van der Waals surface area contributed by atoms with E-state index in [2.05, 4.69) is 10.5 Å². The monoisotopic (exact) mass is 375 g/mol. The zero-order valence-electron chi connectivity index (χ0n) is 14.8. The van der Waals surface area contributed by atoms with Crippen LogP contribution in [-0.2, 0) is 0 Å². The number of nitrogens with one attached hydrogen (secondary N) is 1. The molecule has 0 spiro atoms. The van der Waals surface area contributed by atoms with E-state index < -0.39 is 0 Å². The molecule has 7 heteroatoms. The lowest BCUT2D eigenvalue weighted by molar-refractivity contribution is 0.0955. The SMILES string of the molecule is CCCOc1c(Cl)cc(/C=N/NC(=O)c2ccc(N)cc2)cc1OCC. The van der Waals surface area contributed by atoms with E-state index in [1.807, 2.05) is 13.8 Å². The summed E-state index contributed by atoms with van der Waals surface area (Å²) in [5.41, 5.74) is 9.80. The molecular weight excluding hydrogens is 354 g/mol. The van der Waals surface area contributed by atoms with Crippen LogP contribution in [0.15, 0.2) is 41.5 Å². The van der Waals surface area contributed by atoms with Gasteiger partial charge in [-0.25, -0.2) is 5.43 Å². The number of rotatable bonds is 8. The predicted octanol–water partition coefficient (Wildman–Crippen LogP) is 3.87. The van der Waals surface area contributed by atoms with Crippen molar-refractivity contribution in [1.82, 2.24) is 5.43 Å². The third-order valence-electron chi connectivity index (χ3n) is 3.33. The molecule has 138 valence electrons. The summed E-state index contributed by atoms with van der Waals surface area (Å²) < 4.78 is 11.2. The van der Waals surface area contributed by atoms with Gasteiger partial charge < -0.3 is 15.2 Å². The molecule has 0 aliphatic carbocycles. The number of amides is 1. The first kappa shape index (κ1) is 19.6. The van der Waals surface area contributed by atoms with E-state index in [-0.39, 0.29) is 5.91 Å². The molecule has 26 heavy (non-hydrogen) atoms. The third-order valence-corrected chi connectivity index (χ3v) is 3.62. The molecule has 0 heterocycles. The Bertz CT molecular complexity index is 776. The summed E-state index contributed by atoms with van der Waals surface area (Å²) in [6, 6.07) is 10.0. The largest absolute Gasteiger partial charge is 0.490 e. The highest BCUT2D eigenvalue weighted by atomic mass is 35.5. The average Bonchev–Trinajstić information content (AvgIpc) is 2.62. The molecule has 0 unspecified atom stereocenters. The minimum Gasteiger partial charge on any atom is -0.490 e. The number of hydrazone groups is 1. The summed E-state index contributed by atoms with van der Waals surface area (Å²) in [5, 5.41) is 4.39. The fourth-order valence-electron chi connectivity index (χ4n) is 2.13. The highest BCUT2D eigenvalue weighted by molar-refractivity contribution is 6.32. The molecule has 2 aromatic rings. The van der Waals surface area contributed by atoms with Gasteiger partial charge in [0.2, 0.25) is 0 Å². The van der Waals surface area contributed by atoms with E-state index in [1.54, 1.807) is 36.4 Å². The summed E-state index contributed by atoms with van der Waals surface area (Å²) in [7, 11) is 0. The molecule has 0 saturated heterocycles. The molecule has 2 rings (SSSR count). The normalized spacial score (nSPS) is 10.7. The van der Waals surface area contributed by atoms with Crippen molar-refractivity contribution in [2.45, 2.75) is 20.3 Å². The van der Waals surface area contributed by atoms with E-state index in [1.165, 1.54) is 6.21 Å². The lowest BCUT2D eigenvalue weighted by Gasteiger charge is -2.13. The zero-order valence-corrected chi connectivity index (χ0v) is 15.5. The van der Waals surface area contributed by atoms with Gasteiger partial charge in [0.1, 0.15) is 0 Å². The Morgan fingerprint density at radius 2 is 1.96 bits per heavy atom. The van der Waals surface area contributed by atoms with Crippen LogP contribution in [0.1, 0.15) is 36.2 Å². The van der Waals surface area contributed by atoms with Crippen molar-refractivity contribution in [2.24, 2.45) is 5.10 Å². The second-order valence-corrected chi connectivity index (χ2v) is 5.84. The number of carbonyl (C=O) groups excluding carboxylic acids is 1. The number of hydrogen-bond donors (Lipinski definition) is 2. The van der Waals surface area contributed by atoms with Crippen LogP contribution in [0.2, 0.25) is 5.02 Å². The minimum absolute atomic E-state index is 0.333. The first-order chi connectivity index (χ1) is 12.5. The van der Waals surface area contributed by atoms with Crippen LogP contribution in [0, 0.1) is 0 Å². The van der Waals surface area contributed by atoms with Gasteiger partial charge >= 0.3 is 0 Å². The van der Waals surface area contributed by atoms with Crippen LogP contribution in [0.5, 0.6) is 11.5 Å². The summed E-state index contributed by atoms with van der Waals surface area (Å²) in [6.45, 7) is 4.92. The molecule has 0 saturated carbocycles. The molecule has 0 aliphatic rings. The summed E-state index contributed by atoms with van der Waals surface area (Å²) in [4.78, 5) is 12.0. The van der Waals surface area contributed by atoms with Crippen molar-refractivity contribution < 1.29 is 14.3 Å². The quantitative estimate of drug-likeness (QED) is 0.416. The Kier molecular flexibility index (Phi) is 7.29. The first-order valence-corrected chi connectivity index (χ1v) is 8.71. The first-order valence-electron chi connectivity index (χ1n) is 8.33. The molecular formula is C19H22ClN3O3. The lowest BCUT2D eigenvalue weighted by Crippen LogP contribution is -2.17. The number of carbonyl (C=O) groups is 1. The van der Waals surface area contributed by atoms with Crippen molar-refractivity contribution in [1.29, 1.82) is 0 Å². The zero-order chi connectivity index (χ0) is 18.9. The number of halogens is 1. The Morgan fingerprint density at radius 1 is 1.23 bits per heavy atom. The molecule has 0 aromatic heterocycles. The van der Waals surface area contributed by atoms with E-state index in [0.29, 0.717) is 46.5 Å². The second kappa shape index (κ2) is 9.68. The van der Waals surface area contributed by atoms with Crippen LogP contribution < -0.4 is 20.6 Å². The number of ether oxygens (including phenoxy) is 2. The molecule has 0 atom stereocenters. The van der Waals surface area contributed by atoms with Gasteiger partial charge in [-0.3, -0.25) is 4.79 Å². The lowest BCUT2D eigenvalue weighted by atomic mass is 10.2. The Hall–Kier alpha value is -2.73. The molecule has 3 N–H and O–H groups in total. The van der Waals surface area contributed by atoms with E-state index in [4.69, 9.17) is 26.8 Å². The maximum atomic E-state index is 12.0. The van der Waals surface area contributed by atoms with Crippen molar-refractivity contribution in [3.63, 3.8) is 0 Å². The van der Waals surface area contributed by atoms with Gasteiger partial charge in [-0.15, -0.1) is 0 Å². The highest BCUT2D eigenvalue weighted by Crippen LogP contribution is 2.36. The fourth-order valence-corrected chi connectivity index (χ4v) is 2.41. The summed E-state index contributed by atoms with van der Waals surface area (Å²) in [5.74, 6) is 0.721. The van der Waals surface area contributed by atoms with Gasteiger partial charge in [0, 0.05) is 11.3 Å². The third kappa shape index (κ3) is 5.39. The van der Waals surface area contributed by atoms with Crippen LogP contribution >= 0.6 is 11.6 Å². The summed E-state index contributed by atoms with van der Waals surface area (Å²) >= 11 is 6.29. The Balaban J connectivity index is 2.11. The number of nitrogen functional groups attached to an aromatic ring is 1. The van der Waals surface area contributed by atoms with Crippen molar-refractivity contribution in [3.05, 3.63) is 52.5 Å². The van der Waals surface area contributed by atoms with Crippen molar-refractivity contribution in [2.75, 3.05) is 18.9 Å². The van der Waals surface area contributed by atoms with E-state index >= 15 is 0 Å². The number of nitrogens with two attached hydrogens (primary N) is 1. The minimum atomic E-state index is -0.333. The van der Waals surface area contributed by atoms with Gasteiger partial charge in [0.25, 0.3) is 5.91 Å². The van der Waals surface area contributed by atoms with Crippen molar-refractivity contribution >= 4 is 29.4 Å². The molecule has 0 fully saturated rings. The average molecular weight is 376 g/mol.